The number of aryl methyl sites for hydroxylation is 1. The van der Waals surface area contributed by atoms with Crippen molar-refractivity contribution >= 4 is 17.7 Å². The van der Waals surface area contributed by atoms with Crippen molar-refractivity contribution in [2.24, 2.45) is 0 Å². The van der Waals surface area contributed by atoms with Crippen LogP contribution in [0.2, 0.25) is 0 Å². The molecule has 0 saturated carbocycles. The number of amides is 1. The van der Waals surface area contributed by atoms with Gasteiger partial charge in [-0.25, -0.2) is 10.3 Å². The van der Waals surface area contributed by atoms with E-state index in [0.717, 1.165) is 5.56 Å². The normalized spacial score (nSPS) is 11.7. The number of hydroxylamine groups is 1. The summed E-state index contributed by atoms with van der Waals surface area (Å²) in [4.78, 5) is 40.9. The van der Waals surface area contributed by atoms with Crippen LogP contribution in [-0.2, 0) is 19.2 Å². The Labute approximate surface area is 136 Å². The summed E-state index contributed by atoms with van der Waals surface area (Å²) in [6, 6.07) is 6.56. The Morgan fingerprint density at radius 2 is 1.48 bits per heavy atom. The molecular weight excluding hydrogens is 298 g/mol. The van der Waals surface area contributed by atoms with Gasteiger partial charge in [0.2, 0.25) is 0 Å². The number of benzene rings is 1. The lowest BCUT2D eigenvalue weighted by atomic mass is 10.1. The van der Waals surface area contributed by atoms with Crippen molar-refractivity contribution in [1.29, 1.82) is 0 Å². The molecule has 0 aromatic heterocycles. The Kier molecular flexibility index (Phi) is 5.66. The van der Waals surface area contributed by atoms with Crippen LogP contribution in [0.4, 0.5) is 0 Å². The van der Waals surface area contributed by atoms with Crippen molar-refractivity contribution in [2.45, 2.75) is 52.7 Å². The molecule has 0 aliphatic rings. The molecule has 0 unspecified atom stereocenters. The molecule has 1 amide bonds. The van der Waals surface area contributed by atoms with E-state index < -0.39 is 28.9 Å². The van der Waals surface area contributed by atoms with Crippen LogP contribution < -0.4 is 5.48 Å². The van der Waals surface area contributed by atoms with E-state index in [0.29, 0.717) is 0 Å². The quantitative estimate of drug-likeness (QED) is 0.390. The highest BCUT2D eigenvalue weighted by Gasteiger charge is 2.35. The van der Waals surface area contributed by atoms with Gasteiger partial charge in [0.25, 0.3) is 5.78 Å². The van der Waals surface area contributed by atoms with E-state index in [1.54, 1.807) is 45.0 Å². The molecule has 0 atom stereocenters. The molecule has 1 aromatic carbocycles. The van der Waals surface area contributed by atoms with E-state index in [-0.39, 0.29) is 5.56 Å². The standard InChI is InChI=1S/C17H23NO5/c1-11-7-9-12(10-8-11)13(19)14(20)18-23-17(5,6)15(21)22-16(2,3)4/h7-10H,1-6H3,(H,18,20). The number of Topliss-reactive ketones (excluding diaryl/α,β-unsaturated/α-hetero) is 1. The summed E-state index contributed by atoms with van der Waals surface area (Å²) in [5.41, 5.74) is 1.13. The molecule has 126 valence electrons. The molecule has 0 heterocycles. The molecule has 6 heteroatoms. The Hall–Kier alpha value is -2.21. The van der Waals surface area contributed by atoms with Gasteiger partial charge in [-0.3, -0.25) is 14.4 Å². The van der Waals surface area contributed by atoms with Gasteiger partial charge in [-0.15, -0.1) is 0 Å². The van der Waals surface area contributed by atoms with Crippen LogP contribution in [-0.4, -0.2) is 28.9 Å². The summed E-state index contributed by atoms with van der Waals surface area (Å²) in [6.07, 6.45) is 0. The third-order valence-electron chi connectivity index (χ3n) is 2.81. The highest BCUT2D eigenvalue weighted by atomic mass is 16.7. The fraction of sp³-hybridized carbons (Fsp3) is 0.471. The highest BCUT2D eigenvalue weighted by molar-refractivity contribution is 6.42. The van der Waals surface area contributed by atoms with Gasteiger partial charge < -0.3 is 4.74 Å². The largest absolute Gasteiger partial charge is 0.458 e. The van der Waals surface area contributed by atoms with Crippen LogP contribution >= 0.6 is 0 Å². The van der Waals surface area contributed by atoms with Crippen molar-refractivity contribution in [3.63, 3.8) is 0 Å². The number of ether oxygens (including phenoxy) is 1. The summed E-state index contributed by atoms with van der Waals surface area (Å²) in [5.74, 6) is -2.34. The molecule has 1 N–H and O–H groups in total. The SMILES string of the molecule is Cc1ccc(C(=O)C(=O)NOC(C)(C)C(=O)OC(C)(C)C)cc1. The van der Waals surface area contributed by atoms with E-state index in [2.05, 4.69) is 0 Å². The average molecular weight is 321 g/mol. The van der Waals surface area contributed by atoms with Crippen molar-refractivity contribution in [2.75, 3.05) is 0 Å². The smallest absolute Gasteiger partial charge is 0.341 e. The first kappa shape index (κ1) is 18.8. The number of ketones is 1. The molecular formula is C17H23NO5. The monoisotopic (exact) mass is 321 g/mol. The van der Waals surface area contributed by atoms with E-state index >= 15 is 0 Å². The van der Waals surface area contributed by atoms with Crippen LogP contribution in [0, 0.1) is 6.92 Å². The maximum atomic E-state index is 12.0. The first-order valence-corrected chi connectivity index (χ1v) is 7.25. The zero-order chi connectivity index (χ0) is 17.8. The molecule has 0 aliphatic heterocycles. The second-order valence-electron chi connectivity index (χ2n) is 6.74. The minimum atomic E-state index is -1.42. The van der Waals surface area contributed by atoms with Crippen molar-refractivity contribution in [3.05, 3.63) is 35.4 Å². The summed E-state index contributed by atoms with van der Waals surface area (Å²) >= 11 is 0. The van der Waals surface area contributed by atoms with Crippen molar-refractivity contribution in [1.82, 2.24) is 5.48 Å². The molecule has 0 fully saturated rings. The number of carbonyl (C=O) groups is 3. The molecule has 23 heavy (non-hydrogen) atoms. The van der Waals surface area contributed by atoms with E-state index in [1.807, 2.05) is 12.4 Å². The maximum Gasteiger partial charge on any atom is 0.341 e. The van der Waals surface area contributed by atoms with E-state index in [1.165, 1.54) is 13.8 Å². The molecule has 1 rings (SSSR count). The van der Waals surface area contributed by atoms with E-state index in [4.69, 9.17) is 9.57 Å². The first-order chi connectivity index (χ1) is 10.4. The summed E-state index contributed by atoms with van der Waals surface area (Å²) in [7, 11) is 0. The Bertz CT molecular complexity index is 596. The average Bonchev–Trinajstić information content (AvgIpc) is 2.43. The van der Waals surface area contributed by atoms with Crippen molar-refractivity contribution in [3.8, 4) is 0 Å². The summed E-state index contributed by atoms with van der Waals surface area (Å²) in [5, 5.41) is 0. The van der Waals surface area contributed by atoms with Crippen LogP contribution in [0.1, 0.15) is 50.5 Å². The minimum absolute atomic E-state index is 0.242. The second-order valence-corrected chi connectivity index (χ2v) is 6.74. The third-order valence-corrected chi connectivity index (χ3v) is 2.81. The molecule has 1 aromatic rings. The molecule has 6 nitrogen and oxygen atoms in total. The van der Waals surface area contributed by atoms with Gasteiger partial charge >= 0.3 is 11.9 Å². The first-order valence-electron chi connectivity index (χ1n) is 7.25. The number of nitrogens with one attached hydrogen (secondary N) is 1. The second kappa shape index (κ2) is 6.91. The number of hydrogen-bond donors (Lipinski definition) is 1. The third kappa shape index (κ3) is 5.83. The van der Waals surface area contributed by atoms with Gasteiger partial charge in [0.1, 0.15) is 5.60 Å². The molecule has 0 radical (unpaired) electrons. The molecule has 0 saturated heterocycles. The number of carbonyl (C=O) groups excluding carboxylic acids is 3. The Balaban J connectivity index is 2.65. The fourth-order valence-corrected chi connectivity index (χ4v) is 1.50. The predicted octanol–water partition coefficient (Wildman–Crippen LogP) is 2.35. The van der Waals surface area contributed by atoms with Crippen molar-refractivity contribution < 1.29 is 24.0 Å². The van der Waals surface area contributed by atoms with Crippen LogP contribution in [0.3, 0.4) is 0 Å². The number of rotatable bonds is 5. The zero-order valence-electron chi connectivity index (χ0n) is 14.4. The predicted molar refractivity (Wildman–Crippen MR) is 84.7 cm³/mol. The van der Waals surface area contributed by atoms with Crippen LogP contribution in [0.25, 0.3) is 0 Å². The topological polar surface area (TPSA) is 81.7 Å². The number of esters is 1. The minimum Gasteiger partial charge on any atom is -0.458 e. The lowest BCUT2D eigenvalue weighted by molar-refractivity contribution is -0.189. The Morgan fingerprint density at radius 1 is 0.957 bits per heavy atom. The highest BCUT2D eigenvalue weighted by Crippen LogP contribution is 2.16. The summed E-state index contributed by atoms with van der Waals surface area (Å²) in [6.45, 7) is 9.93. The van der Waals surface area contributed by atoms with Gasteiger partial charge in [0, 0.05) is 5.56 Å². The molecule has 0 spiro atoms. The zero-order valence-corrected chi connectivity index (χ0v) is 14.4. The molecule has 0 bridgehead atoms. The van der Waals surface area contributed by atoms with Crippen LogP contribution in [0.15, 0.2) is 24.3 Å². The van der Waals surface area contributed by atoms with Gasteiger partial charge in [-0.1, -0.05) is 29.8 Å². The number of hydrogen-bond acceptors (Lipinski definition) is 5. The summed E-state index contributed by atoms with van der Waals surface area (Å²) < 4.78 is 5.19. The fourth-order valence-electron chi connectivity index (χ4n) is 1.50. The maximum absolute atomic E-state index is 12.0. The lowest BCUT2D eigenvalue weighted by Crippen LogP contribution is -2.46. The molecule has 0 aliphatic carbocycles. The van der Waals surface area contributed by atoms with Gasteiger partial charge in [-0.2, -0.15) is 0 Å². The van der Waals surface area contributed by atoms with Gasteiger partial charge in [0.05, 0.1) is 0 Å². The van der Waals surface area contributed by atoms with E-state index in [9.17, 15) is 14.4 Å². The van der Waals surface area contributed by atoms with Crippen LogP contribution in [0.5, 0.6) is 0 Å². The van der Waals surface area contributed by atoms with Gasteiger partial charge in [-0.05, 0) is 41.5 Å². The van der Waals surface area contributed by atoms with Gasteiger partial charge in [0.15, 0.2) is 5.60 Å². The lowest BCUT2D eigenvalue weighted by Gasteiger charge is -2.27. The Morgan fingerprint density at radius 3 is 1.96 bits per heavy atom.